The number of hydrogen-bond donors (Lipinski definition) is 0. The Morgan fingerprint density at radius 1 is 1.12 bits per heavy atom. The molecule has 90 valence electrons. The van der Waals surface area contributed by atoms with Crippen LogP contribution in [0.4, 0.5) is 0 Å². The van der Waals surface area contributed by atoms with Gasteiger partial charge < -0.3 is 4.74 Å². The maximum atomic E-state index is 11.0. The first-order valence-electron chi connectivity index (χ1n) is 6.33. The molecule has 0 aromatic heterocycles. The third kappa shape index (κ3) is 5.74. The zero-order chi connectivity index (χ0) is 11.6. The minimum atomic E-state index is -0.0517. The van der Waals surface area contributed by atoms with Crippen molar-refractivity contribution in [3.63, 3.8) is 0 Å². The highest BCUT2D eigenvalue weighted by molar-refractivity contribution is 5.69. The molecular weight excluding hydrogens is 200 g/mol. The Balaban J connectivity index is 1.86. The Morgan fingerprint density at radius 3 is 2.50 bits per heavy atom. The molecule has 0 radical (unpaired) electrons. The number of allylic oxidation sites excluding steroid dienone is 4. The quantitative estimate of drug-likeness (QED) is 0.463. The SMILES string of the molecule is CCOC(=O)CCCCCCC1C=CC=C1. The van der Waals surface area contributed by atoms with Gasteiger partial charge in [0.2, 0.25) is 0 Å². The summed E-state index contributed by atoms with van der Waals surface area (Å²) in [5.41, 5.74) is 0. The van der Waals surface area contributed by atoms with Crippen molar-refractivity contribution in [3.8, 4) is 0 Å². The second-order valence-corrected chi connectivity index (χ2v) is 4.19. The van der Waals surface area contributed by atoms with Crippen LogP contribution in [0.5, 0.6) is 0 Å². The molecule has 0 saturated heterocycles. The standard InChI is InChI=1S/C14H22O2/c1-2-16-14(15)12-6-4-3-5-9-13-10-7-8-11-13/h7-8,10-11,13H,2-6,9,12H2,1H3. The van der Waals surface area contributed by atoms with Gasteiger partial charge in [0.25, 0.3) is 0 Å². The molecule has 0 aromatic carbocycles. The largest absolute Gasteiger partial charge is 0.466 e. The summed E-state index contributed by atoms with van der Waals surface area (Å²) >= 11 is 0. The zero-order valence-electron chi connectivity index (χ0n) is 10.2. The smallest absolute Gasteiger partial charge is 0.305 e. The number of esters is 1. The van der Waals surface area contributed by atoms with Gasteiger partial charge in [-0.3, -0.25) is 4.79 Å². The fourth-order valence-electron chi connectivity index (χ4n) is 1.91. The Labute approximate surface area is 98.4 Å². The molecule has 0 unspecified atom stereocenters. The molecule has 0 amide bonds. The molecule has 0 heterocycles. The molecule has 0 spiro atoms. The zero-order valence-corrected chi connectivity index (χ0v) is 10.2. The molecule has 2 heteroatoms. The van der Waals surface area contributed by atoms with Crippen LogP contribution >= 0.6 is 0 Å². The Kier molecular flexibility index (Phi) is 6.62. The Bertz CT molecular complexity index is 241. The molecule has 0 aliphatic heterocycles. The van der Waals surface area contributed by atoms with Crippen LogP contribution in [0.25, 0.3) is 0 Å². The van der Waals surface area contributed by atoms with Crippen molar-refractivity contribution in [1.29, 1.82) is 0 Å². The number of ether oxygens (including phenoxy) is 1. The van der Waals surface area contributed by atoms with Crippen molar-refractivity contribution in [2.45, 2.75) is 45.4 Å². The van der Waals surface area contributed by atoms with Crippen LogP contribution in [-0.2, 0) is 9.53 Å². The molecule has 1 aliphatic rings. The predicted molar refractivity (Wildman–Crippen MR) is 66.1 cm³/mol. The van der Waals surface area contributed by atoms with E-state index in [2.05, 4.69) is 24.3 Å². The van der Waals surface area contributed by atoms with Gasteiger partial charge in [-0.1, -0.05) is 43.6 Å². The summed E-state index contributed by atoms with van der Waals surface area (Å²) in [6.45, 7) is 2.35. The number of unbranched alkanes of at least 4 members (excludes halogenated alkanes) is 3. The van der Waals surface area contributed by atoms with Gasteiger partial charge in [-0.25, -0.2) is 0 Å². The molecule has 16 heavy (non-hydrogen) atoms. The van der Waals surface area contributed by atoms with Crippen LogP contribution in [0.3, 0.4) is 0 Å². The van der Waals surface area contributed by atoms with Gasteiger partial charge in [-0.05, 0) is 25.7 Å². The minimum Gasteiger partial charge on any atom is -0.466 e. The fraction of sp³-hybridized carbons (Fsp3) is 0.643. The first-order valence-corrected chi connectivity index (χ1v) is 6.33. The van der Waals surface area contributed by atoms with E-state index in [1.807, 2.05) is 6.92 Å². The van der Waals surface area contributed by atoms with E-state index in [-0.39, 0.29) is 5.97 Å². The van der Waals surface area contributed by atoms with E-state index in [1.54, 1.807) is 0 Å². The second-order valence-electron chi connectivity index (χ2n) is 4.19. The van der Waals surface area contributed by atoms with Crippen LogP contribution in [0.15, 0.2) is 24.3 Å². The van der Waals surface area contributed by atoms with Gasteiger partial charge in [0.05, 0.1) is 6.61 Å². The van der Waals surface area contributed by atoms with E-state index in [0.29, 0.717) is 18.9 Å². The molecular formula is C14H22O2. The summed E-state index contributed by atoms with van der Waals surface area (Å²) in [5.74, 6) is 0.606. The molecule has 0 saturated carbocycles. The summed E-state index contributed by atoms with van der Waals surface area (Å²) in [5, 5.41) is 0. The lowest BCUT2D eigenvalue weighted by Crippen LogP contribution is -2.03. The average Bonchev–Trinajstić information content (AvgIpc) is 2.76. The first kappa shape index (κ1) is 13.0. The summed E-state index contributed by atoms with van der Waals surface area (Å²) < 4.78 is 4.87. The van der Waals surface area contributed by atoms with Gasteiger partial charge >= 0.3 is 5.97 Å². The van der Waals surface area contributed by atoms with Crippen molar-refractivity contribution >= 4 is 5.97 Å². The highest BCUT2D eigenvalue weighted by Gasteiger charge is 2.04. The summed E-state index contributed by atoms with van der Waals surface area (Å²) in [7, 11) is 0. The van der Waals surface area contributed by atoms with Crippen molar-refractivity contribution in [2.75, 3.05) is 6.61 Å². The highest BCUT2D eigenvalue weighted by Crippen LogP contribution is 2.17. The van der Waals surface area contributed by atoms with Crippen molar-refractivity contribution in [1.82, 2.24) is 0 Å². The molecule has 0 aromatic rings. The molecule has 0 bridgehead atoms. The van der Waals surface area contributed by atoms with Gasteiger partial charge in [0.1, 0.15) is 0 Å². The van der Waals surface area contributed by atoms with Gasteiger partial charge in [0.15, 0.2) is 0 Å². The number of rotatable bonds is 8. The molecule has 0 N–H and O–H groups in total. The van der Waals surface area contributed by atoms with Crippen LogP contribution in [0, 0.1) is 5.92 Å². The van der Waals surface area contributed by atoms with Gasteiger partial charge in [-0.2, -0.15) is 0 Å². The van der Waals surface area contributed by atoms with E-state index >= 15 is 0 Å². The predicted octanol–water partition coefficient (Wildman–Crippen LogP) is 3.63. The Morgan fingerprint density at radius 2 is 1.81 bits per heavy atom. The lowest BCUT2D eigenvalue weighted by Gasteiger charge is -2.05. The third-order valence-electron chi connectivity index (χ3n) is 2.80. The fourth-order valence-corrected chi connectivity index (χ4v) is 1.91. The summed E-state index contributed by atoms with van der Waals surface area (Å²) in [6, 6.07) is 0. The normalized spacial score (nSPS) is 14.6. The summed E-state index contributed by atoms with van der Waals surface area (Å²) in [4.78, 5) is 11.0. The first-order chi connectivity index (χ1) is 7.83. The highest BCUT2D eigenvalue weighted by atomic mass is 16.5. The number of carbonyl (C=O) groups is 1. The maximum Gasteiger partial charge on any atom is 0.305 e. The molecule has 2 nitrogen and oxygen atoms in total. The molecule has 1 aliphatic carbocycles. The third-order valence-corrected chi connectivity index (χ3v) is 2.80. The van der Waals surface area contributed by atoms with E-state index in [4.69, 9.17) is 4.74 Å². The minimum absolute atomic E-state index is 0.0517. The van der Waals surface area contributed by atoms with Gasteiger partial charge in [-0.15, -0.1) is 0 Å². The van der Waals surface area contributed by atoms with E-state index in [9.17, 15) is 4.79 Å². The van der Waals surface area contributed by atoms with E-state index in [0.717, 1.165) is 12.8 Å². The monoisotopic (exact) mass is 222 g/mol. The van der Waals surface area contributed by atoms with Crippen LogP contribution in [-0.4, -0.2) is 12.6 Å². The van der Waals surface area contributed by atoms with Crippen molar-refractivity contribution in [2.24, 2.45) is 5.92 Å². The Hall–Kier alpha value is -1.05. The average molecular weight is 222 g/mol. The van der Waals surface area contributed by atoms with Crippen LogP contribution in [0.2, 0.25) is 0 Å². The van der Waals surface area contributed by atoms with Crippen molar-refractivity contribution < 1.29 is 9.53 Å². The van der Waals surface area contributed by atoms with Crippen LogP contribution in [0.1, 0.15) is 45.4 Å². The van der Waals surface area contributed by atoms with Gasteiger partial charge in [0, 0.05) is 6.42 Å². The molecule has 0 fully saturated rings. The summed E-state index contributed by atoms with van der Waals surface area (Å²) in [6.07, 6.45) is 15.1. The van der Waals surface area contributed by atoms with E-state index < -0.39 is 0 Å². The van der Waals surface area contributed by atoms with Crippen molar-refractivity contribution in [3.05, 3.63) is 24.3 Å². The number of hydrogen-bond acceptors (Lipinski definition) is 2. The van der Waals surface area contributed by atoms with E-state index in [1.165, 1.54) is 19.3 Å². The lowest BCUT2D eigenvalue weighted by atomic mass is 10.0. The maximum absolute atomic E-state index is 11.0. The molecule has 1 rings (SSSR count). The topological polar surface area (TPSA) is 26.3 Å². The second kappa shape index (κ2) is 8.14. The van der Waals surface area contributed by atoms with Crippen LogP contribution < -0.4 is 0 Å². The number of carbonyl (C=O) groups excluding carboxylic acids is 1. The lowest BCUT2D eigenvalue weighted by molar-refractivity contribution is -0.143. The molecule has 0 atom stereocenters.